The minimum absolute atomic E-state index is 0.115. The molecule has 0 aliphatic carbocycles. The molecule has 14 heavy (non-hydrogen) atoms. The van der Waals surface area contributed by atoms with Crippen LogP contribution in [-0.4, -0.2) is 13.0 Å². The summed E-state index contributed by atoms with van der Waals surface area (Å²) in [6, 6.07) is 5.24. The first-order valence-corrected chi connectivity index (χ1v) is 4.78. The van der Waals surface area contributed by atoms with E-state index in [1.165, 1.54) is 0 Å². The molecule has 2 nitrogen and oxygen atoms in total. The Morgan fingerprint density at radius 1 is 1.43 bits per heavy atom. The number of benzene rings is 1. The predicted molar refractivity (Wildman–Crippen MR) is 54.2 cm³/mol. The van der Waals surface area contributed by atoms with E-state index in [0.29, 0.717) is 11.3 Å². The molecule has 0 saturated heterocycles. The normalized spacial score (nSPS) is 10.9. The van der Waals surface area contributed by atoms with Gasteiger partial charge in [0.1, 0.15) is 6.61 Å². The van der Waals surface area contributed by atoms with Crippen LogP contribution in [0.4, 0.5) is 14.5 Å². The molecule has 2 N–H and O–H groups in total. The van der Waals surface area contributed by atoms with Crippen LogP contribution in [0.5, 0.6) is 0 Å². The summed E-state index contributed by atoms with van der Waals surface area (Å²) in [6.07, 6.45) is -2.44. The highest BCUT2D eigenvalue weighted by atomic mass is 79.9. The van der Waals surface area contributed by atoms with Gasteiger partial charge in [-0.05, 0) is 12.1 Å². The molecule has 0 atom stereocenters. The Bertz CT molecular complexity index is 307. The van der Waals surface area contributed by atoms with Gasteiger partial charge in [-0.2, -0.15) is 0 Å². The van der Waals surface area contributed by atoms with E-state index < -0.39 is 13.0 Å². The summed E-state index contributed by atoms with van der Waals surface area (Å²) in [7, 11) is 0. The van der Waals surface area contributed by atoms with Gasteiger partial charge in [-0.1, -0.05) is 22.0 Å². The zero-order valence-corrected chi connectivity index (χ0v) is 8.93. The molecule has 1 aromatic rings. The van der Waals surface area contributed by atoms with Crippen LogP contribution in [0, 0.1) is 0 Å². The second-order valence-electron chi connectivity index (χ2n) is 2.75. The lowest BCUT2D eigenvalue weighted by atomic mass is 10.2. The molecule has 1 aromatic carbocycles. The summed E-state index contributed by atoms with van der Waals surface area (Å²) in [5.41, 5.74) is 6.89. The molecule has 0 spiro atoms. The third-order valence-electron chi connectivity index (χ3n) is 1.61. The number of alkyl halides is 2. The summed E-state index contributed by atoms with van der Waals surface area (Å²) >= 11 is 3.25. The smallest absolute Gasteiger partial charge is 0.261 e. The quantitative estimate of drug-likeness (QED) is 0.850. The molecule has 1 rings (SSSR count). The van der Waals surface area contributed by atoms with Crippen molar-refractivity contribution < 1.29 is 13.5 Å². The third kappa shape index (κ3) is 3.59. The fourth-order valence-corrected chi connectivity index (χ4v) is 1.33. The zero-order valence-electron chi connectivity index (χ0n) is 7.34. The fraction of sp³-hybridized carbons (Fsp3) is 0.333. The first kappa shape index (κ1) is 11.4. The van der Waals surface area contributed by atoms with Crippen molar-refractivity contribution in [3.8, 4) is 0 Å². The van der Waals surface area contributed by atoms with Crippen molar-refractivity contribution in [3.63, 3.8) is 0 Å². The molecule has 0 heterocycles. The number of nitrogen functional groups attached to an aromatic ring is 1. The van der Waals surface area contributed by atoms with Crippen LogP contribution in [-0.2, 0) is 11.3 Å². The average Bonchev–Trinajstić information content (AvgIpc) is 2.08. The van der Waals surface area contributed by atoms with Gasteiger partial charge in [0.15, 0.2) is 0 Å². The Morgan fingerprint density at radius 2 is 2.14 bits per heavy atom. The van der Waals surface area contributed by atoms with Gasteiger partial charge in [0.05, 0.1) is 6.61 Å². The van der Waals surface area contributed by atoms with Gasteiger partial charge in [-0.25, -0.2) is 8.78 Å². The van der Waals surface area contributed by atoms with Crippen molar-refractivity contribution in [1.82, 2.24) is 0 Å². The molecule has 78 valence electrons. The van der Waals surface area contributed by atoms with Gasteiger partial charge < -0.3 is 10.5 Å². The largest absolute Gasteiger partial charge is 0.398 e. The fourth-order valence-electron chi connectivity index (χ4n) is 0.955. The monoisotopic (exact) mass is 265 g/mol. The SMILES string of the molecule is Nc1cc(Br)ccc1COCC(F)F. The van der Waals surface area contributed by atoms with E-state index in [-0.39, 0.29) is 6.61 Å². The van der Waals surface area contributed by atoms with E-state index in [2.05, 4.69) is 15.9 Å². The van der Waals surface area contributed by atoms with Crippen molar-refractivity contribution in [2.75, 3.05) is 12.3 Å². The first-order chi connectivity index (χ1) is 6.59. The molecule has 5 heteroatoms. The van der Waals surface area contributed by atoms with Gasteiger partial charge in [-0.3, -0.25) is 0 Å². The van der Waals surface area contributed by atoms with E-state index in [1.807, 2.05) is 0 Å². The van der Waals surface area contributed by atoms with Crippen LogP contribution >= 0.6 is 15.9 Å². The Morgan fingerprint density at radius 3 is 2.71 bits per heavy atom. The topological polar surface area (TPSA) is 35.2 Å². The predicted octanol–water partition coefficient (Wildman–Crippen LogP) is 2.81. The minimum Gasteiger partial charge on any atom is -0.398 e. The molecular weight excluding hydrogens is 256 g/mol. The Kier molecular flexibility index (Phi) is 4.28. The Labute approximate surface area is 89.2 Å². The molecule has 0 aliphatic heterocycles. The Hall–Kier alpha value is -0.680. The molecular formula is C9H10BrF2NO. The van der Waals surface area contributed by atoms with E-state index in [0.717, 1.165) is 4.47 Å². The highest BCUT2D eigenvalue weighted by Gasteiger charge is 2.04. The van der Waals surface area contributed by atoms with Crippen LogP contribution in [0.15, 0.2) is 22.7 Å². The minimum atomic E-state index is -2.44. The van der Waals surface area contributed by atoms with Gasteiger partial charge in [0, 0.05) is 15.7 Å². The Balaban J connectivity index is 2.51. The number of rotatable bonds is 4. The second-order valence-corrected chi connectivity index (χ2v) is 3.67. The summed E-state index contributed by atoms with van der Waals surface area (Å²) in [6.45, 7) is -0.445. The van der Waals surface area contributed by atoms with Crippen LogP contribution in [0.25, 0.3) is 0 Å². The molecule has 0 saturated carbocycles. The van der Waals surface area contributed by atoms with Crippen LogP contribution in [0.2, 0.25) is 0 Å². The average molecular weight is 266 g/mol. The second kappa shape index (κ2) is 5.26. The standard InChI is InChI=1S/C9H10BrF2NO/c10-7-2-1-6(8(13)3-7)4-14-5-9(11)12/h1-3,9H,4-5,13H2. The van der Waals surface area contributed by atoms with Crippen molar-refractivity contribution in [2.45, 2.75) is 13.0 Å². The van der Waals surface area contributed by atoms with E-state index >= 15 is 0 Å². The molecule has 0 radical (unpaired) electrons. The van der Waals surface area contributed by atoms with Crippen molar-refractivity contribution >= 4 is 21.6 Å². The summed E-state index contributed by atoms with van der Waals surface area (Å²) in [5.74, 6) is 0. The maximum absolute atomic E-state index is 11.7. The number of ether oxygens (including phenoxy) is 1. The van der Waals surface area contributed by atoms with Gasteiger partial charge in [-0.15, -0.1) is 0 Å². The highest BCUT2D eigenvalue weighted by molar-refractivity contribution is 9.10. The van der Waals surface area contributed by atoms with Crippen LogP contribution < -0.4 is 5.73 Å². The summed E-state index contributed by atoms with van der Waals surface area (Å²) in [4.78, 5) is 0. The molecule has 0 aromatic heterocycles. The molecule has 0 fully saturated rings. The van der Waals surface area contributed by atoms with Crippen molar-refractivity contribution in [2.24, 2.45) is 0 Å². The van der Waals surface area contributed by atoms with Crippen molar-refractivity contribution in [1.29, 1.82) is 0 Å². The summed E-state index contributed by atoms with van der Waals surface area (Å²) in [5, 5.41) is 0. The third-order valence-corrected chi connectivity index (χ3v) is 2.10. The number of hydrogen-bond donors (Lipinski definition) is 1. The number of anilines is 1. The number of hydrogen-bond acceptors (Lipinski definition) is 2. The maximum Gasteiger partial charge on any atom is 0.261 e. The molecule has 0 bridgehead atoms. The highest BCUT2D eigenvalue weighted by Crippen LogP contribution is 2.19. The van der Waals surface area contributed by atoms with Gasteiger partial charge in [0.2, 0.25) is 0 Å². The molecule has 0 amide bonds. The van der Waals surface area contributed by atoms with E-state index in [9.17, 15) is 8.78 Å². The lowest BCUT2D eigenvalue weighted by Gasteiger charge is -2.06. The van der Waals surface area contributed by atoms with Crippen molar-refractivity contribution in [3.05, 3.63) is 28.2 Å². The zero-order chi connectivity index (χ0) is 10.6. The summed E-state index contributed by atoms with van der Waals surface area (Å²) < 4.78 is 29.1. The molecule has 0 unspecified atom stereocenters. The van der Waals surface area contributed by atoms with E-state index in [4.69, 9.17) is 10.5 Å². The lowest BCUT2D eigenvalue weighted by Crippen LogP contribution is -2.05. The molecule has 0 aliphatic rings. The number of nitrogens with two attached hydrogens (primary N) is 1. The van der Waals surface area contributed by atoms with Crippen LogP contribution in [0.3, 0.4) is 0 Å². The van der Waals surface area contributed by atoms with Gasteiger partial charge >= 0.3 is 0 Å². The number of halogens is 3. The first-order valence-electron chi connectivity index (χ1n) is 3.99. The van der Waals surface area contributed by atoms with Crippen LogP contribution in [0.1, 0.15) is 5.56 Å². The maximum atomic E-state index is 11.7. The van der Waals surface area contributed by atoms with E-state index in [1.54, 1.807) is 18.2 Å². The van der Waals surface area contributed by atoms with Gasteiger partial charge in [0.25, 0.3) is 6.43 Å². The lowest BCUT2D eigenvalue weighted by molar-refractivity contribution is 0.0100.